The van der Waals surface area contributed by atoms with Gasteiger partial charge < -0.3 is 14.4 Å². The Kier molecular flexibility index (Phi) is 5.02. The summed E-state index contributed by atoms with van der Waals surface area (Å²) in [5.74, 6) is 1.86. The van der Waals surface area contributed by atoms with Crippen molar-refractivity contribution >= 4 is 11.9 Å². The van der Waals surface area contributed by atoms with Gasteiger partial charge in [-0.3, -0.25) is 4.79 Å². The third-order valence-electron chi connectivity index (χ3n) is 3.75. The largest absolute Gasteiger partial charge is 0.497 e. The van der Waals surface area contributed by atoms with Gasteiger partial charge in [0.25, 0.3) is 0 Å². The lowest BCUT2D eigenvalue weighted by atomic mass is 10.0. The first-order valence-corrected chi connectivity index (χ1v) is 7.16. The first kappa shape index (κ1) is 15.6. The second-order valence-corrected chi connectivity index (χ2v) is 5.68. The summed E-state index contributed by atoms with van der Waals surface area (Å²) in [5, 5.41) is 0. The quantitative estimate of drug-likeness (QED) is 0.781. The number of methoxy groups -OCH3 is 2. The molecule has 114 valence electrons. The number of allylic oxidation sites excluding steroid dienone is 1. The predicted octanol–water partition coefficient (Wildman–Crippen LogP) is 2.63. The van der Waals surface area contributed by atoms with Crippen LogP contribution in [0.4, 0.5) is 0 Å². The number of Topliss-reactive ketones (excluding diaryl/α,β-unsaturated/α-hetero) is 1. The van der Waals surface area contributed by atoms with E-state index in [0.29, 0.717) is 0 Å². The van der Waals surface area contributed by atoms with Crippen LogP contribution >= 0.6 is 0 Å². The first-order chi connectivity index (χ1) is 10.0. The molecule has 1 aromatic rings. The lowest BCUT2D eigenvalue weighted by Gasteiger charge is -2.13. The summed E-state index contributed by atoms with van der Waals surface area (Å²) in [4.78, 5) is 14.5. The second-order valence-electron chi connectivity index (χ2n) is 5.68. The molecule has 0 saturated heterocycles. The molecular weight excluding hydrogens is 266 g/mol. The van der Waals surface area contributed by atoms with Crippen molar-refractivity contribution in [1.29, 1.82) is 0 Å². The predicted molar refractivity (Wildman–Crippen MR) is 83.8 cm³/mol. The molecule has 0 amide bonds. The van der Waals surface area contributed by atoms with Crippen LogP contribution in [-0.4, -0.2) is 45.5 Å². The van der Waals surface area contributed by atoms with Crippen molar-refractivity contribution in [3.05, 3.63) is 29.3 Å². The third-order valence-corrected chi connectivity index (χ3v) is 3.75. The van der Waals surface area contributed by atoms with Crippen LogP contribution < -0.4 is 9.47 Å². The molecule has 4 nitrogen and oxygen atoms in total. The molecule has 1 atom stereocenters. The van der Waals surface area contributed by atoms with Gasteiger partial charge >= 0.3 is 0 Å². The molecule has 2 rings (SSSR count). The van der Waals surface area contributed by atoms with E-state index >= 15 is 0 Å². The molecular formula is C17H23NO3. The van der Waals surface area contributed by atoms with Crippen molar-refractivity contribution in [3.63, 3.8) is 0 Å². The number of carbonyl (C=O) groups excluding carboxylic acids is 1. The van der Waals surface area contributed by atoms with E-state index in [1.54, 1.807) is 14.2 Å². The van der Waals surface area contributed by atoms with Crippen LogP contribution in [0.15, 0.2) is 23.8 Å². The van der Waals surface area contributed by atoms with Gasteiger partial charge in [0.15, 0.2) is 5.78 Å². The standard InChI is InChI=1S/C17H23NO3/c1-18(2)11-14-6-5-13(17(14)19)7-12-8-15(20-3)10-16(9-12)21-4/h7-10,14H,5-6,11H2,1-4H3. The van der Waals surface area contributed by atoms with E-state index in [9.17, 15) is 4.79 Å². The van der Waals surface area contributed by atoms with Gasteiger partial charge in [0.1, 0.15) is 11.5 Å². The van der Waals surface area contributed by atoms with E-state index in [-0.39, 0.29) is 11.7 Å². The van der Waals surface area contributed by atoms with Gasteiger partial charge in [0.2, 0.25) is 0 Å². The molecule has 1 fully saturated rings. The Morgan fingerprint density at radius 2 is 1.81 bits per heavy atom. The molecule has 1 aliphatic rings. The maximum Gasteiger partial charge on any atom is 0.163 e. The zero-order valence-electron chi connectivity index (χ0n) is 13.2. The van der Waals surface area contributed by atoms with Crippen LogP contribution in [0.25, 0.3) is 6.08 Å². The topological polar surface area (TPSA) is 38.8 Å². The fraction of sp³-hybridized carbons (Fsp3) is 0.471. The molecule has 1 unspecified atom stereocenters. The maximum absolute atomic E-state index is 12.4. The van der Waals surface area contributed by atoms with Crippen molar-refractivity contribution in [3.8, 4) is 11.5 Å². The number of hydrogen-bond donors (Lipinski definition) is 0. The molecule has 21 heavy (non-hydrogen) atoms. The number of rotatable bonds is 5. The molecule has 0 radical (unpaired) electrons. The Balaban J connectivity index is 2.22. The Labute approximate surface area is 126 Å². The van der Waals surface area contributed by atoms with Gasteiger partial charge in [-0.05, 0) is 56.3 Å². The minimum Gasteiger partial charge on any atom is -0.497 e. The fourth-order valence-corrected chi connectivity index (χ4v) is 2.72. The van der Waals surface area contributed by atoms with Crippen molar-refractivity contribution < 1.29 is 14.3 Å². The van der Waals surface area contributed by atoms with E-state index in [1.165, 1.54) is 0 Å². The highest BCUT2D eigenvalue weighted by Crippen LogP contribution is 2.30. The first-order valence-electron chi connectivity index (χ1n) is 7.16. The van der Waals surface area contributed by atoms with Gasteiger partial charge in [-0.15, -0.1) is 0 Å². The minimum atomic E-state index is 0.124. The Hall–Kier alpha value is -1.81. The molecule has 1 aliphatic carbocycles. The molecule has 0 aliphatic heterocycles. The van der Waals surface area contributed by atoms with Crippen LogP contribution in [0, 0.1) is 5.92 Å². The molecule has 0 aromatic heterocycles. The zero-order valence-corrected chi connectivity index (χ0v) is 13.2. The summed E-state index contributed by atoms with van der Waals surface area (Å²) < 4.78 is 10.5. The van der Waals surface area contributed by atoms with E-state index < -0.39 is 0 Å². The summed E-state index contributed by atoms with van der Waals surface area (Å²) >= 11 is 0. The van der Waals surface area contributed by atoms with Gasteiger partial charge in [0, 0.05) is 18.5 Å². The number of nitrogens with zero attached hydrogens (tertiary/aromatic N) is 1. The minimum absolute atomic E-state index is 0.124. The van der Waals surface area contributed by atoms with E-state index in [4.69, 9.17) is 9.47 Å². The van der Waals surface area contributed by atoms with Crippen molar-refractivity contribution in [1.82, 2.24) is 4.90 Å². The SMILES string of the molecule is COc1cc(C=C2CCC(CN(C)C)C2=O)cc(OC)c1. The van der Waals surface area contributed by atoms with Crippen LogP contribution in [0.3, 0.4) is 0 Å². The number of carbonyl (C=O) groups is 1. The Bertz CT molecular complexity index is 527. The molecule has 0 bridgehead atoms. The highest BCUT2D eigenvalue weighted by molar-refractivity contribution is 6.03. The van der Waals surface area contributed by atoms with Crippen LogP contribution in [0.2, 0.25) is 0 Å². The van der Waals surface area contributed by atoms with Gasteiger partial charge in [-0.1, -0.05) is 0 Å². The summed E-state index contributed by atoms with van der Waals surface area (Å²) in [6.07, 6.45) is 3.74. The summed E-state index contributed by atoms with van der Waals surface area (Å²) in [6.45, 7) is 0.817. The lowest BCUT2D eigenvalue weighted by molar-refractivity contribution is -0.118. The Morgan fingerprint density at radius 3 is 2.33 bits per heavy atom. The zero-order chi connectivity index (χ0) is 15.4. The second kappa shape index (κ2) is 6.76. The molecule has 1 aromatic carbocycles. The smallest absolute Gasteiger partial charge is 0.163 e. The number of ether oxygens (including phenoxy) is 2. The van der Waals surface area contributed by atoms with Crippen molar-refractivity contribution in [2.24, 2.45) is 5.92 Å². The van der Waals surface area contributed by atoms with E-state index in [2.05, 4.69) is 4.90 Å². The van der Waals surface area contributed by atoms with Crippen LogP contribution in [0.5, 0.6) is 11.5 Å². The molecule has 0 heterocycles. The average Bonchev–Trinajstić information content (AvgIpc) is 2.79. The van der Waals surface area contributed by atoms with E-state index in [1.807, 2.05) is 38.4 Å². The van der Waals surface area contributed by atoms with Gasteiger partial charge in [-0.2, -0.15) is 0 Å². The normalized spacial score (nSPS) is 20.3. The summed E-state index contributed by atoms with van der Waals surface area (Å²) in [5.41, 5.74) is 1.84. The summed E-state index contributed by atoms with van der Waals surface area (Å²) in [6, 6.07) is 5.66. The number of hydrogen-bond acceptors (Lipinski definition) is 4. The highest BCUT2D eigenvalue weighted by Gasteiger charge is 2.29. The lowest BCUT2D eigenvalue weighted by Crippen LogP contribution is -2.24. The molecule has 4 heteroatoms. The van der Waals surface area contributed by atoms with Crippen molar-refractivity contribution in [2.45, 2.75) is 12.8 Å². The average molecular weight is 289 g/mol. The third kappa shape index (κ3) is 3.85. The van der Waals surface area contributed by atoms with Crippen LogP contribution in [-0.2, 0) is 4.79 Å². The van der Waals surface area contributed by atoms with Crippen LogP contribution in [0.1, 0.15) is 18.4 Å². The summed E-state index contributed by atoms with van der Waals surface area (Å²) in [7, 11) is 7.25. The number of ketones is 1. The molecule has 0 N–H and O–H groups in total. The van der Waals surface area contributed by atoms with E-state index in [0.717, 1.165) is 42.0 Å². The monoisotopic (exact) mass is 289 g/mol. The Morgan fingerprint density at radius 1 is 1.19 bits per heavy atom. The van der Waals surface area contributed by atoms with Gasteiger partial charge in [-0.25, -0.2) is 0 Å². The maximum atomic E-state index is 12.4. The molecule has 0 spiro atoms. The highest BCUT2D eigenvalue weighted by atomic mass is 16.5. The van der Waals surface area contributed by atoms with Crippen molar-refractivity contribution in [2.75, 3.05) is 34.9 Å². The number of benzene rings is 1. The van der Waals surface area contributed by atoms with Gasteiger partial charge in [0.05, 0.1) is 14.2 Å². The fourth-order valence-electron chi connectivity index (χ4n) is 2.72. The molecule has 1 saturated carbocycles.